The number of methoxy groups -OCH3 is 1. The lowest BCUT2D eigenvalue weighted by Crippen LogP contribution is -2.15. The summed E-state index contributed by atoms with van der Waals surface area (Å²) in [5, 5.41) is 0.714. The zero-order valence-electron chi connectivity index (χ0n) is 15.7. The maximum Gasteiger partial charge on any atom is 0.306 e. The average molecular weight is 398 g/mol. The number of aromatic amines is 1. The molecule has 3 aromatic rings. The third-order valence-corrected chi connectivity index (χ3v) is 6.22. The molecule has 0 amide bonds. The van der Waals surface area contributed by atoms with E-state index in [-0.39, 0.29) is 24.6 Å². The Morgan fingerprint density at radius 1 is 1.25 bits per heavy atom. The van der Waals surface area contributed by atoms with E-state index in [0.29, 0.717) is 17.6 Å². The largest absolute Gasteiger partial charge is 0.496 e. The van der Waals surface area contributed by atoms with E-state index < -0.39 is 0 Å². The smallest absolute Gasteiger partial charge is 0.306 e. The van der Waals surface area contributed by atoms with Crippen LogP contribution in [0.15, 0.2) is 29.1 Å². The zero-order chi connectivity index (χ0) is 19.5. The number of aromatic nitrogens is 2. The van der Waals surface area contributed by atoms with Crippen molar-refractivity contribution in [3.8, 4) is 5.75 Å². The predicted molar refractivity (Wildman–Crippen MR) is 108 cm³/mol. The Balaban J connectivity index is 1.41. The van der Waals surface area contributed by atoms with Crippen molar-refractivity contribution in [2.45, 2.75) is 45.1 Å². The summed E-state index contributed by atoms with van der Waals surface area (Å²) in [6.45, 7) is -0.0293. The summed E-state index contributed by atoms with van der Waals surface area (Å²) in [6, 6.07) is 7.59. The van der Waals surface area contributed by atoms with E-state index >= 15 is 0 Å². The van der Waals surface area contributed by atoms with Crippen LogP contribution < -0.4 is 10.3 Å². The van der Waals surface area contributed by atoms with Crippen molar-refractivity contribution in [2.24, 2.45) is 0 Å². The van der Waals surface area contributed by atoms with Gasteiger partial charge in [-0.05, 0) is 49.3 Å². The van der Waals surface area contributed by atoms with Crippen LogP contribution in [0.4, 0.5) is 0 Å². The van der Waals surface area contributed by atoms with Crippen LogP contribution in [0, 0.1) is 0 Å². The summed E-state index contributed by atoms with van der Waals surface area (Å²) in [7, 11) is 1.61. The Kier molecular flexibility index (Phi) is 5.43. The standard InChI is InChI=1S/C21H22N2O4S/c1-26-15-8-4-2-6-13(15)10-11-18(24)27-12-17-22-20(25)19-14-7-3-5-9-16(14)28-21(19)23-17/h2,4,6,8H,3,5,7,9-12H2,1H3,(H,22,23,25). The lowest BCUT2D eigenvalue weighted by Gasteiger charge is -2.09. The average Bonchev–Trinajstić information content (AvgIpc) is 3.09. The van der Waals surface area contributed by atoms with Crippen molar-refractivity contribution in [3.63, 3.8) is 0 Å². The molecule has 28 heavy (non-hydrogen) atoms. The molecule has 2 aromatic heterocycles. The fourth-order valence-electron chi connectivity index (χ4n) is 3.64. The molecular weight excluding hydrogens is 376 g/mol. The maximum absolute atomic E-state index is 12.5. The highest BCUT2D eigenvalue weighted by atomic mass is 32.1. The third kappa shape index (κ3) is 3.80. The minimum absolute atomic E-state index is 0.0293. The van der Waals surface area contributed by atoms with Crippen molar-refractivity contribution in [1.82, 2.24) is 9.97 Å². The van der Waals surface area contributed by atoms with Gasteiger partial charge in [0.15, 0.2) is 0 Å². The molecule has 146 valence electrons. The van der Waals surface area contributed by atoms with Gasteiger partial charge in [-0.3, -0.25) is 9.59 Å². The zero-order valence-corrected chi connectivity index (χ0v) is 16.6. The highest BCUT2D eigenvalue weighted by Crippen LogP contribution is 2.33. The molecule has 1 aliphatic rings. The van der Waals surface area contributed by atoms with Crippen LogP contribution in [0.3, 0.4) is 0 Å². The van der Waals surface area contributed by atoms with Crippen LogP contribution in [-0.4, -0.2) is 23.0 Å². The number of hydrogen-bond donors (Lipinski definition) is 1. The van der Waals surface area contributed by atoms with Crippen LogP contribution in [0.2, 0.25) is 0 Å². The number of nitrogens with zero attached hydrogens (tertiary/aromatic N) is 1. The van der Waals surface area contributed by atoms with Crippen LogP contribution in [-0.2, 0) is 35.4 Å². The van der Waals surface area contributed by atoms with Crippen molar-refractivity contribution < 1.29 is 14.3 Å². The van der Waals surface area contributed by atoms with Gasteiger partial charge < -0.3 is 14.5 Å². The quantitative estimate of drug-likeness (QED) is 0.642. The topological polar surface area (TPSA) is 81.3 Å². The van der Waals surface area contributed by atoms with E-state index in [1.165, 1.54) is 4.88 Å². The van der Waals surface area contributed by atoms with Gasteiger partial charge in [0.05, 0.1) is 12.5 Å². The van der Waals surface area contributed by atoms with E-state index in [2.05, 4.69) is 9.97 Å². The van der Waals surface area contributed by atoms with E-state index in [9.17, 15) is 9.59 Å². The summed E-state index contributed by atoms with van der Waals surface area (Å²) < 4.78 is 10.6. The number of carbonyl (C=O) groups excluding carboxylic acids is 1. The van der Waals surface area contributed by atoms with Crippen molar-refractivity contribution >= 4 is 27.5 Å². The van der Waals surface area contributed by atoms with Crippen LogP contribution in [0.5, 0.6) is 5.75 Å². The molecule has 7 heteroatoms. The number of H-pyrrole nitrogens is 1. The number of para-hydroxylation sites is 1. The lowest BCUT2D eigenvalue weighted by atomic mass is 9.97. The SMILES string of the molecule is COc1ccccc1CCC(=O)OCc1nc2sc3c(c2c(=O)[nH]1)CCCC3. The molecule has 0 radical (unpaired) electrons. The molecule has 0 saturated carbocycles. The maximum atomic E-state index is 12.5. The highest BCUT2D eigenvalue weighted by molar-refractivity contribution is 7.18. The molecule has 1 aromatic carbocycles. The van der Waals surface area contributed by atoms with Gasteiger partial charge in [0.2, 0.25) is 0 Å². The van der Waals surface area contributed by atoms with Gasteiger partial charge in [-0.2, -0.15) is 0 Å². The van der Waals surface area contributed by atoms with Crippen LogP contribution in [0.1, 0.15) is 41.1 Å². The first-order chi connectivity index (χ1) is 13.7. The summed E-state index contributed by atoms with van der Waals surface area (Å²) in [5.41, 5.74) is 1.98. The number of hydrogen-bond acceptors (Lipinski definition) is 6. The summed E-state index contributed by atoms with van der Waals surface area (Å²) >= 11 is 1.59. The monoisotopic (exact) mass is 398 g/mol. The van der Waals surface area contributed by atoms with E-state index in [4.69, 9.17) is 9.47 Å². The van der Waals surface area contributed by atoms with E-state index in [1.807, 2.05) is 24.3 Å². The van der Waals surface area contributed by atoms with Gasteiger partial charge >= 0.3 is 5.97 Å². The molecule has 1 aliphatic carbocycles. The lowest BCUT2D eigenvalue weighted by molar-refractivity contribution is -0.145. The Morgan fingerprint density at radius 3 is 2.93 bits per heavy atom. The molecule has 0 atom stereocenters. The Morgan fingerprint density at radius 2 is 2.07 bits per heavy atom. The number of rotatable bonds is 6. The first-order valence-electron chi connectivity index (χ1n) is 9.46. The molecule has 2 heterocycles. The molecule has 1 N–H and O–H groups in total. The Labute approximate surface area is 166 Å². The number of carbonyl (C=O) groups is 1. The minimum atomic E-state index is -0.334. The van der Waals surface area contributed by atoms with Crippen molar-refractivity contribution in [2.75, 3.05) is 7.11 Å². The van der Waals surface area contributed by atoms with Crippen LogP contribution >= 0.6 is 11.3 Å². The third-order valence-electron chi connectivity index (χ3n) is 5.03. The van der Waals surface area contributed by atoms with Crippen LogP contribution in [0.25, 0.3) is 10.2 Å². The second kappa shape index (κ2) is 8.14. The molecule has 0 bridgehead atoms. The Hall–Kier alpha value is -2.67. The summed E-state index contributed by atoms with van der Waals surface area (Å²) in [4.78, 5) is 33.9. The predicted octanol–water partition coefficient (Wildman–Crippen LogP) is 3.55. The van der Waals surface area contributed by atoms with Gasteiger partial charge in [0.25, 0.3) is 5.56 Å². The summed E-state index contributed by atoms with van der Waals surface area (Å²) in [6.07, 6.45) is 5.00. The molecule has 6 nitrogen and oxygen atoms in total. The first-order valence-corrected chi connectivity index (χ1v) is 10.3. The number of benzene rings is 1. The molecular formula is C21H22N2O4S. The van der Waals surface area contributed by atoms with Gasteiger partial charge in [0, 0.05) is 11.3 Å². The number of thiophene rings is 1. The van der Waals surface area contributed by atoms with Crippen molar-refractivity contribution in [3.05, 3.63) is 56.4 Å². The number of ether oxygens (including phenoxy) is 2. The minimum Gasteiger partial charge on any atom is -0.496 e. The van der Waals surface area contributed by atoms with Gasteiger partial charge in [0.1, 0.15) is 23.0 Å². The number of nitrogens with one attached hydrogen (secondary N) is 1. The van der Waals surface area contributed by atoms with Gasteiger partial charge in [-0.15, -0.1) is 11.3 Å². The molecule has 0 unspecified atom stereocenters. The summed E-state index contributed by atoms with van der Waals surface area (Å²) in [5.74, 6) is 0.814. The molecule has 4 rings (SSSR count). The first kappa shape index (κ1) is 18.7. The number of fused-ring (bicyclic) bond motifs is 3. The van der Waals surface area contributed by atoms with E-state index in [1.54, 1.807) is 18.4 Å². The second-order valence-electron chi connectivity index (χ2n) is 6.88. The normalized spacial score (nSPS) is 13.3. The molecule has 0 fully saturated rings. The number of esters is 1. The van der Waals surface area contributed by atoms with E-state index in [0.717, 1.165) is 47.4 Å². The molecule has 0 spiro atoms. The molecule has 0 aliphatic heterocycles. The van der Waals surface area contributed by atoms with Gasteiger partial charge in [-0.25, -0.2) is 4.98 Å². The fourth-order valence-corrected chi connectivity index (χ4v) is 4.92. The fraction of sp³-hybridized carbons (Fsp3) is 0.381. The van der Waals surface area contributed by atoms with Crippen molar-refractivity contribution in [1.29, 1.82) is 0 Å². The Bertz CT molecular complexity index is 1070. The number of aryl methyl sites for hydroxylation is 3. The molecule has 0 saturated heterocycles. The second-order valence-corrected chi connectivity index (χ2v) is 7.96. The highest BCUT2D eigenvalue weighted by Gasteiger charge is 2.20. The van der Waals surface area contributed by atoms with Gasteiger partial charge in [-0.1, -0.05) is 18.2 Å².